The third kappa shape index (κ3) is 4.48. The van der Waals surface area contributed by atoms with Crippen molar-refractivity contribution in [1.29, 1.82) is 0 Å². The summed E-state index contributed by atoms with van der Waals surface area (Å²) in [5.74, 6) is 3.13. The molecule has 0 spiro atoms. The fourth-order valence-electron chi connectivity index (χ4n) is 7.43. The molecule has 4 aromatic carbocycles. The van der Waals surface area contributed by atoms with Crippen molar-refractivity contribution in [2.24, 2.45) is 0 Å². The van der Waals surface area contributed by atoms with E-state index in [9.17, 15) is 0 Å². The maximum absolute atomic E-state index is 6.33. The predicted octanol–water partition coefficient (Wildman–Crippen LogP) is 8.05. The van der Waals surface area contributed by atoms with Crippen LogP contribution in [0.5, 0.6) is 0 Å². The van der Waals surface area contributed by atoms with Crippen LogP contribution in [0.3, 0.4) is 0 Å². The molecule has 0 bridgehead atoms. The molecule has 4 aliphatic heterocycles. The number of nitrogens with one attached hydrogen (secondary N) is 2. The van der Waals surface area contributed by atoms with Gasteiger partial charge in [-0.05, 0) is 88.9 Å². The van der Waals surface area contributed by atoms with Gasteiger partial charge in [-0.15, -0.1) is 6.42 Å². The summed E-state index contributed by atoms with van der Waals surface area (Å²) in [5, 5.41) is 7.22. The molecule has 3 unspecified atom stereocenters. The molecular weight excluding hydrogens is 536 g/mol. The van der Waals surface area contributed by atoms with Gasteiger partial charge >= 0.3 is 0 Å². The molecule has 0 fully saturated rings. The van der Waals surface area contributed by atoms with Gasteiger partial charge in [-0.3, -0.25) is 0 Å². The highest BCUT2D eigenvalue weighted by Gasteiger charge is 2.30. The highest BCUT2D eigenvalue weighted by atomic mass is 15.3. The Morgan fingerprint density at radius 1 is 0.818 bits per heavy atom. The van der Waals surface area contributed by atoms with Crippen LogP contribution in [-0.2, 0) is 12.8 Å². The maximum atomic E-state index is 6.33. The number of terminal acetylenes is 1. The van der Waals surface area contributed by atoms with E-state index in [0.717, 1.165) is 19.4 Å². The first-order valence-electron chi connectivity index (χ1n) is 15.6. The molecule has 8 rings (SSSR count). The van der Waals surface area contributed by atoms with Crippen molar-refractivity contribution in [2.75, 3.05) is 6.54 Å². The molecule has 44 heavy (non-hydrogen) atoms. The molecule has 3 atom stereocenters. The van der Waals surface area contributed by atoms with Gasteiger partial charge in [-0.2, -0.15) is 0 Å². The molecule has 216 valence electrons. The van der Waals surface area contributed by atoms with Crippen LogP contribution >= 0.6 is 0 Å². The van der Waals surface area contributed by atoms with E-state index in [1.807, 2.05) is 0 Å². The highest BCUT2D eigenvalue weighted by Crippen LogP contribution is 2.39. The zero-order valence-corrected chi connectivity index (χ0v) is 25.2. The molecule has 4 nitrogen and oxygen atoms in total. The normalized spacial score (nSPS) is 19.8. The molecule has 0 aromatic heterocycles. The number of hydrogen-bond donors (Lipinski definition) is 2. The van der Waals surface area contributed by atoms with Crippen LogP contribution in [0.4, 0.5) is 0 Å². The zero-order valence-electron chi connectivity index (χ0n) is 25.2. The summed E-state index contributed by atoms with van der Waals surface area (Å²) in [5.41, 5.74) is 15.2. The first kappa shape index (κ1) is 26.5. The second kappa shape index (κ2) is 10.5. The van der Waals surface area contributed by atoms with E-state index in [1.54, 1.807) is 0 Å². The minimum Gasteiger partial charge on any atom is -0.364 e. The molecule has 0 radical (unpaired) electrons. The lowest BCUT2D eigenvalue weighted by molar-refractivity contribution is 0.267. The van der Waals surface area contributed by atoms with Gasteiger partial charge in [0.05, 0.1) is 0 Å². The van der Waals surface area contributed by atoms with E-state index in [2.05, 4.69) is 150 Å². The van der Waals surface area contributed by atoms with Crippen LogP contribution in [0.25, 0.3) is 28.3 Å². The Bertz CT molecular complexity index is 1920. The second-order valence-corrected chi connectivity index (χ2v) is 12.4. The van der Waals surface area contributed by atoms with Crippen LogP contribution in [0.15, 0.2) is 115 Å². The fraction of sp³-hybridized carbons (Fsp3) is 0.200. The monoisotopic (exact) mass is 572 g/mol. The Labute approximate surface area is 260 Å². The Balaban J connectivity index is 1.10. The van der Waals surface area contributed by atoms with E-state index in [4.69, 9.17) is 6.42 Å². The van der Waals surface area contributed by atoms with E-state index < -0.39 is 0 Å². The Morgan fingerprint density at radius 2 is 1.55 bits per heavy atom. The maximum Gasteiger partial charge on any atom is 0.129 e. The van der Waals surface area contributed by atoms with Gasteiger partial charge in [0.2, 0.25) is 0 Å². The average Bonchev–Trinajstić information content (AvgIpc) is 3.64. The van der Waals surface area contributed by atoms with Gasteiger partial charge in [0.15, 0.2) is 0 Å². The lowest BCUT2D eigenvalue weighted by Crippen LogP contribution is -2.34. The molecule has 4 heteroatoms. The summed E-state index contributed by atoms with van der Waals surface area (Å²) in [6.07, 6.45) is 17.3. The number of allylic oxidation sites excluding steroid dienone is 2. The zero-order chi connectivity index (χ0) is 29.8. The minimum absolute atomic E-state index is 0.0509. The summed E-state index contributed by atoms with van der Waals surface area (Å²) < 4.78 is 0. The quantitative estimate of drug-likeness (QED) is 0.237. The van der Waals surface area contributed by atoms with Crippen molar-refractivity contribution in [2.45, 2.75) is 44.9 Å². The molecule has 4 heterocycles. The predicted molar refractivity (Wildman–Crippen MR) is 180 cm³/mol. The summed E-state index contributed by atoms with van der Waals surface area (Å²) in [6.45, 7) is 5.28. The van der Waals surface area contributed by atoms with Crippen molar-refractivity contribution in [3.63, 3.8) is 0 Å². The summed E-state index contributed by atoms with van der Waals surface area (Å²) in [4.78, 5) is 4.65. The first-order valence-corrected chi connectivity index (χ1v) is 15.6. The van der Waals surface area contributed by atoms with E-state index >= 15 is 0 Å². The molecule has 0 amide bonds. The molecule has 0 saturated heterocycles. The molecule has 2 N–H and O–H groups in total. The van der Waals surface area contributed by atoms with Crippen molar-refractivity contribution >= 4 is 6.08 Å². The third-order valence-electron chi connectivity index (χ3n) is 9.55. The number of rotatable bonds is 5. The minimum atomic E-state index is -0.0509. The van der Waals surface area contributed by atoms with Crippen molar-refractivity contribution in [1.82, 2.24) is 20.4 Å². The van der Waals surface area contributed by atoms with Crippen LogP contribution < -0.4 is 10.6 Å². The van der Waals surface area contributed by atoms with Gasteiger partial charge in [0.25, 0.3) is 0 Å². The van der Waals surface area contributed by atoms with Crippen LogP contribution in [0.1, 0.15) is 65.5 Å². The van der Waals surface area contributed by atoms with E-state index in [-0.39, 0.29) is 18.2 Å². The third-order valence-corrected chi connectivity index (χ3v) is 9.55. The van der Waals surface area contributed by atoms with Crippen molar-refractivity contribution in [3.05, 3.63) is 148 Å². The van der Waals surface area contributed by atoms with Crippen LogP contribution in [0.2, 0.25) is 0 Å². The van der Waals surface area contributed by atoms with Gasteiger partial charge in [0, 0.05) is 48.0 Å². The SMILES string of the molecule is C#CC(Cc1ccccc1-c1ccc2c(c1)C=CN1C=C(C)NC21)c1ccccc1-c1ccc2c(c1)CCN1C=C(C)NC21. The second-order valence-electron chi connectivity index (χ2n) is 12.4. The number of fused-ring (bicyclic) bond motifs is 6. The van der Waals surface area contributed by atoms with E-state index in [0.29, 0.717) is 0 Å². The first-order chi connectivity index (χ1) is 21.6. The largest absolute Gasteiger partial charge is 0.364 e. The summed E-state index contributed by atoms with van der Waals surface area (Å²) in [7, 11) is 0. The molecule has 4 aliphatic rings. The van der Waals surface area contributed by atoms with Gasteiger partial charge in [0.1, 0.15) is 12.3 Å². The van der Waals surface area contributed by atoms with Crippen molar-refractivity contribution in [3.8, 4) is 34.6 Å². The lowest BCUT2D eigenvalue weighted by Gasteiger charge is -2.33. The molecule has 4 aromatic rings. The topological polar surface area (TPSA) is 30.5 Å². The van der Waals surface area contributed by atoms with E-state index in [1.165, 1.54) is 67.0 Å². The molecule has 0 saturated carbocycles. The number of hydrogen-bond acceptors (Lipinski definition) is 4. The standard InChI is InChI=1S/C40H36N4/c1-4-28(35-11-7-8-12-36(35)31-14-16-38-33(23-31)18-20-44-25-27(3)42-40(38)44)21-29-9-5-6-10-34(29)30-13-15-37-32(22-30)17-19-43-24-26(2)41-39(37)43/h1,5-17,19,22-25,28,39-42H,18,20-21H2,2-3H3. The average molecular weight is 573 g/mol. The number of benzene rings is 4. The van der Waals surface area contributed by atoms with Gasteiger partial charge < -0.3 is 20.4 Å². The van der Waals surface area contributed by atoms with Crippen molar-refractivity contribution < 1.29 is 0 Å². The Morgan fingerprint density at radius 3 is 2.41 bits per heavy atom. The van der Waals surface area contributed by atoms with Crippen LogP contribution in [0, 0.1) is 12.3 Å². The Hall–Kier alpha value is -5.14. The smallest absolute Gasteiger partial charge is 0.129 e. The van der Waals surface area contributed by atoms with Gasteiger partial charge in [-0.1, -0.05) is 84.8 Å². The Kier molecular flexibility index (Phi) is 6.34. The molecule has 0 aliphatic carbocycles. The number of nitrogens with zero attached hydrogens (tertiary/aromatic N) is 2. The fourth-order valence-corrected chi connectivity index (χ4v) is 7.43. The summed E-state index contributed by atoms with van der Waals surface area (Å²) in [6, 6.07) is 31.2. The lowest BCUT2D eigenvalue weighted by atomic mass is 9.83. The molecular formula is C40H36N4. The van der Waals surface area contributed by atoms with Gasteiger partial charge in [-0.25, -0.2) is 0 Å². The highest BCUT2D eigenvalue weighted by molar-refractivity contribution is 5.74. The van der Waals surface area contributed by atoms with Crippen LogP contribution in [-0.4, -0.2) is 16.3 Å². The summed E-state index contributed by atoms with van der Waals surface area (Å²) >= 11 is 0.